The predicted octanol–water partition coefficient (Wildman–Crippen LogP) is 2.95. The minimum absolute atomic E-state index is 0.162. The summed E-state index contributed by atoms with van der Waals surface area (Å²) in [6.07, 6.45) is 1.49. The Kier molecular flexibility index (Phi) is 6.65. The molecule has 0 spiro atoms. The van der Waals surface area contributed by atoms with E-state index in [1.54, 1.807) is 50.2 Å². The van der Waals surface area contributed by atoms with E-state index >= 15 is 0 Å². The first kappa shape index (κ1) is 23.4. The number of rotatable bonds is 6. The van der Waals surface area contributed by atoms with Crippen LogP contribution in [-0.4, -0.2) is 31.4 Å². The van der Waals surface area contributed by atoms with Crippen LogP contribution in [0.3, 0.4) is 0 Å². The standard InChI is InChI=1S/C25H23FN2O5S/c1-5-33-24(30)21-14(2)27-25-28(22(21)17-13-16(31-3)10-11-19(17)32-4)23(29)20(34-25)12-15-8-6-7-9-18(15)26/h6-13,22H,5H2,1-4H3. The van der Waals surface area contributed by atoms with Gasteiger partial charge in [0.25, 0.3) is 5.56 Å². The minimum Gasteiger partial charge on any atom is -0.497 e. The first-order valence-electron chi connectivity index (χ1n) is 10.6. The molecule has 2 heterocycles. The zero-order valence-electron chi connectivity index (χ0n) is 19.1. The van der Waals surface area contributed by atoms with Crippen LogP contribution in [0, 0.1) is 5.82 Å². The van der Waals surface area contributed by atoms with Gasteiger partial charge in [0, 0.05) is 11.1 Å². The lowest BCUT2D eigenvalue weighted by Crippen LogP contribution is -2.40. The van der Waals surface area contributed by atoms with Gasteiger partial charge in [-0.2, -0.15) is 0 Å². The first-order valence-corrected chi connectivity index (χ1v) is 11.4. The third-order valence-electron chi connectivity index (χ3n) is 5.44. The van der Waals surface area contributed by atoms with Crippen molar-refractivity contribution in [2.45, 2.75) is 19.9 Å². The molecule has 0 bridgehead atoms. The number of fused-ring (bicyclic) bond motifs is 1. The molecule has 7 nitrogen and oxygen atoms in total. The van der Waals surface area contributed by atoms with Gasteiger partial charge in [0.2, 0.25) is 0 Å². The summed E-state index contributed by atoms with van der Waals surface area (Å²) in [4.78, 5) is 31.5. The normalized spacial score (nSPS) is 15.6. The van der Waals surface area contributed by atoms with Crippen molar-refractivity contribution in [3.63, 3.8) is 0 Å². The van der Waals surface area contributed by atoms with Gasteiger partial charge in [0.1, 0.15) is 23.4 Å². The van der Waals surface area contributed by atoms with E-state index in [1.807, 2.05) is 0 Å². The molecule has 176 valence electrons. The maximum absolute atomic E-state index is 14.3. The minimum atomic E-state index is -0.872. The average Bonchev–Trinajstić information content (AvgIpc) is 3.13. The smallest absolute Gasteiger partial charge is 0.338 e. The Bertz CT molecular complexity index is 1470. The van der Waals surface area contributed by atoms with Gasteiger partial charge in [0.15, 0.2) is 4.80 Å². The number of benzene rings is 2. The second-order valence-corrected chi connectivity index (χ2v) is 8.44. The van der Waals surface area contributed by atoms with Crippen molar-refractivity contribution < 1.29 is 23.4 Å². The zero-order chi connectivity index (χ0) is 24.4. The number of aromatic nitrogens is 1. The number of nitrogens with zero attached hydrogens (tertiary/aromatic N) is 2. The summed E-state index contributed by atoms with van der Waals surface area (Å²) in [5.74, 6) is -0.0297. The zero-order valence-corrected chi connectivity index (χ0v) is 19.9. The molecule has 3 aromatic rings. The Hall–Kier alpha value is -3.72. The molecule has 0 aliphatic carbocycles. The van der Waals surface area contributed by atoms with Crippen LogP contribution >= 0.6 is 11.3 Å². The van der Waals surface area contributed by atoms with E-state index in [1.165, 1.54) is 30.9 Å². The van der Waals surface area contributed by atoms with Crippen LogP contribution in [0.15, 0.2) is 63.5 Å². The molecule has 0 N–H and O–H groups in total. The fourth-order valence-corrected chi connectivity index (χ4v) is 4.91. The molecule has 9 heteroatoms. The van der Waals surface area contributed by atoms with Crippen LogP contribution in [0.2, 0.25) is 0 Å². The third-order valence-corrected chi connectivity index (χ3v) is 6.42. The Balaban J connectivity index is 2.03. The number of thiazole rings is 1. The fraction of sp³-hybridized carbons (Fsp3) is 0.240. The highest BCUT2D eigenvalue weighted by atomic mass is 32.1. The number of hydrogen-bond donors (Lipinski definition) is 0. The molecule has 1 aliphatic rings. The van der Waals surface area contributed by atoms with Gasteiger partial charge in [-0.3, -0.25) is 9.36 Å². The number of carbonyl (C=O) groups is 1. The highest BCUT2D eigenvalue weighted by molar-refractivity contribution is 7.07. The molecule has 34 heavy (non-hydrogen) atoms. The number of methoxy groups -OCH3 is 2. The molecule has 0 radical (unpaired) electrons. The topological polar surface area (TPSA) is 79.1 Å². The second kappa shape index (κ2) is 9.64. The number of halogens is 1. The summed E-state index contributed by atoms with van der Waals surface area (Å²) in [6.45, 7) is 3.56. The summed E-state index contributed by atoms with van der Waals surface area (Å²) < 4.78 is 32.2. The summed E-state index contributed by atoms with van der Waals surface area (Å²) in [5, 5.41) is 0. The van der Waals surface area contributed by atoms with Crippen molar-refractivity contribution in [2.24, 2.45) is 4.99 Å². The van der Waals surface area contributed by atoms with Crippen LogP contribution in [0.25, 0.3) is 6.08 Å². The molecule has 0 fully saturated rings. The monoisotopic (exact) mass is 482 g/mol. The Labute approximate surface area is 199 Å². The summed E-state index contributed by atoms with van der Waals surface area (Å²) >= 11 is 1.12. The van der Waals surface area contributed by atoms with E-state index in [-0.39, 0.29) is 22.3 Å². The van der Waals surface area contributed by atoms with Gasteiger partial charge < -0.3 is 14.2 Å². The summed E-state index contributed by atoms with van der Waals surface area (Å²) in [5.41, 5.74) is 1.06. The quantitative estimate of drug-likeness (QED) is 0.505. The molecular weight excluding hydrogens is 459 g/mol. The Morgan fingerprint density at radius 1 is 1.21 bits per heavy atom. The number of ether oxygens (including phenoxy) is 3. The van der Waals surface area contributed by atoms with Gasteiger partial charge >= 0.3 is 5.97 Å². The van der Waals surface area contributed by atoms with Gasteiger partial charge in [-0.15, -0.1) is 0 Å². The second-order valence-electron chi connectivity index (χ2n) is 7.43. The summed E-state index contributed by atoms with van der Waals surface area (Å²) in [7, 11) is 3.03. The van der Waals surface area contributed by atoms with Crippen molar-refractivity contribution in [2.75, 3.05) is 20.8 Å². The maximum Gasteiger partial charge on any atom is 0.338 e. The lowest BCUT2D eigenvalue weighted by molar-refractivity contribution is -0.139. The molecule has 0 saturated carbocycles. The van der Waals surface area contributed by atoms with Crippen LogP contribution < -0.4 is 24.4 Å². The van der Waals surface area contributed by atoms with E-state index in [0.717, 1.165) is 11.3 Å². The van der Waals surface area contributed by atoms with Gasteiger partial charge in [-0.05, 0) is 44.2 Å². The highest BCUT2D eigenvalue weighted by Gasteiger charge is 2.35. The van der Waals surface area contributed by atoms with E-state index in [0.29, 0.717) is 27.6 Å². The predicted molar refractivity (Wildman–Crippen MR) is 126 cm³/mol. The molecule has 1 atom stereocenters. The Morgan fingerprint density at radius 3 is 2.65 bits per heavy atom. The van der Waals surface area contributed by atoms with Crippen molar-refractivity contribution in [3.8, 4) is 11.5 Å². The largest absolute Gasteiger partial charge is 0.497 e. The van der Waals surface area contributed by atoms with Crippen molar-refractivity contribution in [3.05, 3.63) is 90.4 Å². The number of allylic oxidation sites excluding steroid dienone is 1. The highest BCUT2D eigenvalue weighted by Crippen LogP contribution is 2.37. The van der Waals surface area contributed by atoms with E-state index in [4.69, 9.17) is 14.2 Å². The summed E-state index contributed by atoms with van der Waals surface area (Å²) in [6, 6.07) is 10.5. The molecule has 0 amide bonds. The first-order chi connectivity index (χ1) is 16.4. The molecule has 1 aromatic heterocycles. The molecular formula is C25H23FN2O5S. The number of hydrogen-bond acceptors (Lipinski definition) is 7. The molecule has 1 aliphatic heterocycles. The van der Waals surface area contributed by atoms with Crippen molar-refractivity contribution in [1.82, 2.24) is 4.57 Å². The lowest BCUT2D eigenvalue weighted by atomic mass is 9.94. The van der Waals surface area contributed by atoms with Crippen molar-refractivity contribution in [1.29, 1.82) is 0 Å². The SMILES string of the molecule is CCOC(=O)C1=C(C)N=c2sc(=Cc3ccccc3F)c(=O)n2C1c1cc(OC)ccc1OC. The Morgan fingerprint density at radius 2 is 1.97 bits per heavy atom. The van der Waals surface area contributed by atoms with Crippen LogP contribution in [-0.2, 0) is 9.53 Å². The molecule has 0 saturated heterocycles. The fourth-order valence-electron chi connectivity index (χ4n) is 3.87. The van der Waals surface area contributed by atoms with Crippen LogP contribution in [0.5, 0.6) is 11.5 Å². The number of esters is 1. The van der Waals surface area contributed by atoms with E-state index in [9.17, 15) is 14.0 Å². The van der Waals surface area contributed by atoms with Crippen molar-refractivity contribution >= 4 is 23.4 Å². The lowest BCUT2D eigenvalue weighted by Gasteiger charge is -2.26. The molecule has 1 unspecified atom stereocenters. The van der Waals surface area contributed by atoms with Gasteiger partial charge in [-0.25, -0.2) is 14.2 Å². The van der Waals surface area contributed by atoms with Gasteiger partial charge in [-0.1, -0.05) is 29.5 Å². The van der Waals surface area contributed by atoms with E-state index < -0.39 is 23.4 Å². The third kappa shape index (κ3) is 4.14. The van der Waals surface area contributed by atoms with Crippen LogP contribution in [0.1, 0.15) is 31.0 Å². The van der Waals surface area contributed by atoms with E-state index in [2.05, 4.69) is 4.99 Å². The van der Waals surface area contributed by atoms with Gasteiger partial charge in [0.05, 0.1) is 36.6 Å². The van der Waals surface area contributed by atoms with Crippen LogP contribution in [0.4, 0.5) is 4.39 Å². The maximum atomic E-state index is 14.3. The molecule has 4 rings (SSSR count). The average molecular weight is 483 g/mol. The molecule has 2 aromatic carbocycles. The number of carbonyl (C=O) groups excluding carboxylic acids is 1.